The van der Waals surface area contributed by atoms with E-state index in [1.165, 1.54) is 0 Å². The Kier molecular flexibility index (Phi) is 7.62. The molecule has 36 heavy (non-hydrogen) atoms. The van der Waals surface area contributed by atoms with Crippen molar-refractivity contribution in [3.05, 3.63) is 53.7 Å². The van der Waals surface area contributed by atoms with E-state index in [1.54, 1.807) is 12.3 Å². The largest absolute Gasteiger partial charge is 0.481 e. The second-order valence-electron chi connectivity index (χ2n) is 10.9. The monoisotopic (exact) mass is 492 g/mol. The van der Waals surface area contributed by atoms with Gasteiger partial charge in [0.15, 0.2) is 0 Å². The maximum absolute atomic E-state index is 12.9. The Morgan fingerprint density at radius 1 is 0.944 bits per heavy atom. The number of carboxylic acids is 1. The first-order chi connectivity index (χ1) is 17.1. The number of pyridine rings is 1. The summed E-state index contributed by atoms with van der Waals surface area (Å²) in [5, 5.41) is 12.1. The van der Waals surface area contributed by atoms with Crippen LogP contribution >= 0.6 is 0 Å². The van der Waals surface area contributed by atoms with Gasteiger partial charge in [-0.15, -0.1) is 0 Å². The van der Waals surface area contributed by atoms with Gasteiger partial charge in [-0.1, -0.05) is 32.9 Å². The van der Waals surface area contributed by atoms with Crippen LogP contribution in [0.1, 0.15) is 62.4 Å². The molecular weight excluding hydrogens is 456 g/mol. The highest BCUT2D eigenvalue weighted by Crippen LogP contribution is 2.31. The SMILES string of the molecule is CC(C)(C)c1cccc(NC(=O)c2ccc(N3CCN(C(=O)C4CCC(C(=O)O)CC4)CC3)nc2)c1. The first kappa shape index (κ1) is 25.7. The summed E-state index contributed by atoms with van der Waals surface area (Å²) in [4.78, 5) is 45.4. The van der Waals surface area contributed by atoms with E-state index in [1.807, 2.05) is 29.2 Å². The van der Waals surface area contributed by atoms with Gasteiger partial charge in [-0.25, -0.2) is 4.98 Å². The summed E-state index contributed by atoms with van der Waals surface area (Å²) in [6.45, 7) is 9.00. The van der Waals surface area contributed by atoms with Crippen LogP contribution in [0.2, 0.25) is 0 Å². The van der Waals surface area contributed by atoms with E-state index < -0.39 is 5.97 Å². The molecule has 0 radical (unpaired) electrons. The predicted octanol–water partition coefficient (Wildman–Crippen LogP) is 4.17. The third-order valence-electron chi connectivity index (χ3n) is 7.34. The first-order valence-corrected chi connectivity index (χ1v) is 12.8. The highest BCUT2D eigenvalue weighted by Gasteiger charge is 2.33. The summed E-state index contributed by atoms with van der Waals surface area (Å²) >= 11 is 0. The van der Waals surface area contributed by atoms with Gasteiger partial charge in [0.2, 0.25) is 5.91 Å². The zero-order valence-electron chi connectivity index (χ0n) is 21.4. The standard InChI is InChI=1S/C28H36N4O4/c1-28(2,3)22-5-4-6-23(17-22)30-25(33)21-11-12-24(29-18-21)31-13-15-32(16-14-31)26(34)19-7-9-20(10-8-19)27(35)36/h4-6,11-12,17-20H,7-10,13-16H2,1-3H3,(H,30,33)(H,35,36). The smallest absolute Gasteiger partial charge is 0.306 e. The summed E-state index contributed by atoms with van der Waals surface area (Å²) in [5.74, 6) is -0.388. The van der Waals surface area contributed by atoms with Gasteiger partial charge in [0.1, 0.15) is 5.82 Å². The first-order valence-electron chi connectivity index (χ1n) is 12.8. The highest BCUT2D eigenvalue weighted by molar-refractivity contribution is 6.04. The van der Waals surface area contributed by atoms with Gasteiger partial charge in [-0.3, -0.25) is 14.4 Å². The molecule has 8 heteroatoms. The molecule has 1 aromatic carbocycles. The molecule has 192 valence electrons. The van der Waals surface area contributed by atoms with Crippen LogP contribution in [0.3, 0.4) is 0 Å². The normalized spacial score (nSPS) is 20.6. The Morgan fingerprint density at radius 2 is 1.61 bits per heavy atom. The summed E-state index contributed by atoms with van der Waals surface area (Å²) in [6, 6.07) is 11.5. The molecule has 1 aliphatic carbocycles. The third-order valence-corrected chi connectivity index (χ3v) is 7.34. The van der Waals surface area contributed by atoms with Crippen LogP contribution in [-0.4, -0.2) is 59.0 Å². The Labute approximate surface area is 212 Å². The third kappa shape index (κ3) is 6.04. The molecule has 2 heterocycles. The van der Waals surface area contributed by atoms with Crippen molar-refractivity contribution in [3.63, 3.8) is 0 Å². The van der Waals surface area contributed by atoms with Crippen molar-refractivity contribution < 1.29 is 19.5 Å². The molecule has 1 aromatic heterocycles. The van der Waals surface area contributed by atoms with Crippen molar-refractivity contribution in [1.82, 2.24) is 9.88 Å². The lowest BCUT2D eigenvalue weighted by Crippen LogP contribution is -2.51. The minimum Gasteiger partial charge on any atom is -0.481 e. The van der Waals surface area contributed by atoms with E-state index in [-0.39, 0.29) is 29.1 Å². The number of nitrogens with one attached hydrogen (secondary N) is 1. The fourth-order valence-electron chi connectivity index (χ4n) is 4.98. The second kappa shape index (κ2) is 10.7. The Balaban J connectivity index is 1.29. The molecule has 2 amide bonds. The highest BCUT2D eigenvalue weighted by atomic mass is 16.4. The Morgan fingerprint density at radius 3 is 2.19 bits per heavy atom. The van der Waals surface area contributed by atoms with Crippen molar-refractivity contribution in [2.45, 2.75) is 51.9 Å². The molecule has 0 unspecified atom stereocenters. The molecule has 0 atom stereocenters. The lowest BCUT2D eigenvalue weighted by atomic mass is 9.81. The van der Waals surface area contributed by atoms with Crippen LogP contribution in [0, 0.1) is 11.8 Å². The van der Waals surface area contributed by atoms with Crippen LogP contribution in [-0.2, 0) is 15.0 Å². The molecule has 1 saturated carbocycles. The molecule has 2 aliphatic rings. The molecular formula is C28H36N4O4. The quantitative estimate of drug-likeness (QED) is 0.649. The fraction of sp³-hybridized carbons (Fsp3) is 0.500. The summed E-state index contributed by atoms with van der Waals surface area (Å²) in [7, 11) is 0. The van der Waals surface area contributed by atoms with Crippen LogP contribution in [0.15, 0.2) is 42.6 Å². The molecule has 4 rings (SSSR count). The van der Waals surface area contributed by atoms with Gasteiger partial charge in [-0.2, -0.15) is 0 Å². The van der Waals surface area contributed by atoms with Gasteiger partial charge in [0, 0.05) is 44.0 Å². The number of piperazine rings is 1. The van der Waals surface area contributed by atoms with E-state index in [0.29, 0.717) is 57.4 Å². The van der Waals surface area contributed by atoms with Gasteiger partial charge in [-0.05, 0) is 60.9 Å². The number of carboxylic acid groups (broad SMARTS) is 1. The number of aromatic nitrogens is 1. The fourth-order valence-corrected chi connectivity index (χ4v) is 4.98. The number of aliphatic carboxylic acids is 1. The van der Waals surface area contributed by atoms with Crippen molar-refractivity contribution in [2.24, 2.45) is 11.8 Å². The zero-order chi connectivity index (χ0) is 25.9. The van der Waals surface area contributed by atoms with Gasteiger partial charge in [0.05, 0.1) is 11.5 Å². The maximum Gasteiger partial charge on any atom is 0.306 e. The second-order valence-corrected chi connectivity index (χ2v) is 10.9. The van der Waals surface area contributed by atoms with E-state index in [4.69, 9.17) is 0 Å². The van der Waals surface area contributed by atoms with Crippen molar-refractivity contribution in [1.29, 1.82) is 0 Å². The molecule has 2 fully saturated rings. The number of carbonyl (C=O) groups excluding carboxylic acids is 2. The topological polar surface area (TPSA) is 103 Å². The molecule has 0 bridgehead atoms. The number of benzene rings is 1. The molecule has 1 saturated heterocycles. The van der Waals surface area contributed by atoms with E-state index in [2.05, 4.69) is 42.0 Å². The Hall–Kier alpha value is -3.42. The van der Waals surface area contributed by atoms with Crippen LogP contribution in [0.25, 0.3) is 0 Å². The van der Waals surface area contributed by atoms with E-state index >= 15 is 0 Å². The summed E-state index contributed by atoms with van der Waals surface area (Å²) in [6.07, 6.45) is 4.06. The van der Waals surface area contributed by atoms with Crippen LogP contribution < -0.4 is 10.2 Å². The Bertz CT molecular complexity index is 1090. The van der Waals surface area contributed by atoms with E-state index in [0.717, 1.165) is 17.1 Å². The molecule has 2 N–H and O–H groups in total. The molecule has 0 spiro atoms. The number of nitrogens with zero attached hydrogens (tertiary/aromatic N) is 3. The minimum absolute atomic E-state index is 0.00159. The number of amides is 2. The van der Waals surface area contributed by atoms with Crippen molar-refractivity contribution >= 4 is 29.3 Å². The lowest BCUT2D eigenvalue weighted by Gasteiger charge is -2.38. The van der Waals surface area contributed by atoms with Gasteiger partial charge in [0.25, 0.3) is 5.91 Å². The molecule has 1 aliphatic heterocycles. The predicted molar refractivity (Wildman–Crippen MR) is 139 cm³/mol. The van der Waals surface area contributed by atoms with Crippen molar-refractivity contribution in [3.8, 4) is 0 Å². The summed E-state index contributed by atoms with van der Waals surface area (Å²) < 4.78 is 0. The van der Waals surface area contributed by atoms with Crippen LogP contribution in [0.4, 0.5) is 11.5 Å². The van der Waals surface area contributed by atoms with E-state index in [9.17, 15) is 19.5 Å². The number of carbonyl (C=O) groups is 3. The van der Waals surface area contributed by atoms with Gasteiger partial charge >= 0.3 is 5.97 Å². The van der Waals surface area contributed by atoms with Crippen molar-refractivity contribution in [2.75, 3.05) is 36.4 Å². The number of anilines is 2. The van der Waals surface area contributed by atoms with Crippen LogP contribution in [0.5, 0.6) is 0 Å². The van der Waals surface area contributed by atoms with Gasteiger partial charge < -0.3 is 20.2 Å². The minimum atomic E-state index is -0.750. The zero-order valence-corrected chi connectivity index (χ0v) is 21.4. The maximum atomic E-state index is 12.9. The average molecular weight is 493 g/mol. The number of rotatable bonds is 5. The number of hydrogen-bond donors (Lipinski definition) is 2. The molecule has 2 aromatic rings. The number of hydrogen-bond acceptors (Lipinski definition) is 5. The average Bonchev–Trinajstić information content (AvgIpc) is 2.88. The lowest BCUT2D eigenvalue weighted by molar-refractivity contribution is -0.145. The molecule has 8 nitrogen and oxygen atoms in total. The summed E-state index contributed by atoms with van der Waals surface area (Å²) in [5.41, 5.74) is 2.40.